The number of aromatic hydroxyl groups is 1. The molecule has 8 bridgehead atoms. The molecule has 1 aromatic rings. The van der Waals surface area contributed by atoms with E-state index in [-0.39, 0.29) is 49.3 Å². The molecule has 8 rings (SSSR count). The molecular formula is C40H60N6O7. The topological polar surface area (TPSA) is 185 Å². The Kier molecular flexibility index (Phi) is 12.0. The number of phenols is 1. The molecule has 3 fully saturated rings. The van der Waals surface area contributed by atoms with Gasteiger partial charge in [0.25, 0.3) is 0 Å². The van der Waals surface area contributed by atoms with E-state index in [4.69, 9.17) is 20.2 Å². The molecule has 8 N–H and O–H groups in total. The predicted octanol–water partition coefficient (Wildman–Crippen LogP) is 1.30. The van der Waals surface area contributed by atoms with Crippen molar-refractivity contribution in [1.82, 2.24) is 20.4 Å². The minimum absolute atomic E-state index is 0.0177. The largest absolute Gasteiger partial charge is 0.504 e. The van der Waals surface area contributed by atoms with E-state index in [0.717, 1.165) is 64.0 Å². The van der Waals surface area contributed by atoms with Gasteiger partial charge in [-0.1, -0.05) is 18.3 Å². The van der Waals surface area contributed by atoms with Crippen molar-refractivity contribution in [2.75, 3.05) is 52.5 Å². The van der Waals surface area contributed by atoms with Gasteiger partial charge >= 0.3 is 5.97 Å². The number of hydrogen-bond donors (Lipinski definition) is 7. The number of ether oxygens (including phenoxy) is 2. The molecule has 0 saturated carbocycles. The number of aliphatic hydroxyl groups is 3. The van der Waals surface area contributed by atoms with Crippen molar-refractivity contribution in [3.05, 3.63) is 23.3 Å². The zero-order valence-corrected chi connectivity index (χ0v) is 31.2. The molecule has 0 amide bonds. The third-order valence-corrected chi connectivity index (χ3v) is 12.8. The van der Waals surface area contributed by atoms with Gasteiger partial charge in [-0.3, -0.25) is 9.69 Å². The summed E-state index contributed by atoms with van der Waals surface area (Å²) in [5, 5.41) is 52.5. The Morgan fingerprint density at radius 2 is 1.87 bits per heavy atom. The lowest BCUT2D eigenvalue weighted by atomic mass is 9.72. The summed E-state index contributed by atoms with van der Waals surface area (Å²) >= 11 is 0. The highest BCUT2D eigenvalue weighted by atomic mass is 16.5. The first-order valence-corrected chi connectivity index (χ1v) is 20.0. The monoisotopic (exact) mass is 736 g/mol. The smallest absolute Gasteiger partial charge is 0.302 e. The summed E-state index contributed by atoms with van der Waals surface area (Å²) in [6, 6.07) is 3.62. The number of phenolic OH excluding ortho intramolecular Hbond substituents is 1. The minimum Gasteiger partial charge on any atom is -0.504 e. The van der Waals surface area contributed by atoms with Gasteiger partial charge < -0.3 is 51.2 Å². The fraction of sp³-hybridized carbons (Fsp3) is 0.750. The van der Waals surface area contributed by atoms with E-state index in [2.05, 4.69) is 32.3 Å². The van der Waals surface area contributed by atoms with E-state index in [1.54, 1.807) is 6.07 Å². The molecule has 13 heteroatoms. The SMILES string of the molecule is CC(=O)OC1CC(O)CCC2(C#CC3CCCC4CC(CCN4)Oc4cc(c(CO)cc4O)CC31)CNC(N)=NCN1CC3CC(C1)CN(C3)CC2O. The Morgan fingerprint density at radius 1 is 1.08 bits per heavy atom. The number of guanidine groups is 1. The van der Waals surface area contributed by atoms with Gasteiger partial charge in [0.1, 0.15) is 12.2 Å². The van der Waals surface area contributed by atoms with Gasteiger partial charge in [-0.15, -0.1) is 0 Å². The first-order chi connectivity index (χ1) is 25.6. The zero-order chi connectivity index (χ0) is 37.1. The zero-order valence-electron chi connectivity index (χ0n) is 31.2. The van der Waals surface area contributed by atoms with Crippen LogP contribution in [-0.2, 0) is 22.6 Å². The van der Waals surface area contributed by atoms with Gasteiger partial charge in [0, 0.05) is 70.5 Å². The number of benzene rings is 1. The van der Waals surface area contributed by atoms with Crippen molar-refractivity contribution in [2.45, 2.75) is 108 Å². The number of carbonyl (C=O) groups excluding carboxylic acids is 1. The van der Waals surface area contributed by atoms with Crippen LogP contribution >= 0.6 is 0 Å². The molecule has 53 heavy (non-hydrogen) atoms. The Labute approximate surface area is 313 Å². The number of aliphatic hydroxyl groups excluding tert-OH is 3. The number of piperidine rings is 3. The van der Waals surface area contributed by atoms with Crippen molar-refractivity contribution in [1.29, 1.82) is 0 Å². The third-order valence-electron chi connectivity index (χ3n) is 12.8. The predicted molar refractivity (Wildman–Crippen MR) is 200 cm³/mol. The molecule has 1 aliphatic carbocycles. The quantitative estimate of drug-likeness (QED) is 0.171. The number of aliphatic imine (C=N–C) groups is 1. The number of nitrogens with one attached hydrogen (secondary N) is 2. The van der Waals surface area contributed by atoms with Crippen LogP contribution < -0.4 is 21.1 Å². The molecular weight excluding hydrogens is 676 g/mol. The normalized spacial score (nSPS) is 39.2. The molecule has 1 aromatic carbocycles. The van der Waals surface area contributed by atoms with E-state index >= 15 is 0 Å². The van der Waals surface area contributed by atoms with Crippen LogP contribution in [0.2, 0.25) is 0 Å². The van der Waals surface area contributed by atoms with E-state index < -0.39 is 29.7 Å². The van der Waals surface area contributed by atoms with Gasteiger partial charge in [-0.2, -0.15) is 0 Å². The van der Waals surface area contributed by atoms with Gasteiger partial charge in [-0.25, -0.2) is 4.99 Å². The van der Waals surface area contributed by atoms with Gasteiger partial charge in [0.05, 0.1) is 30.9 Å². The van der Waals surface area contributed by atoms with E-state index in [0.29, 0.717) is 68.0 Å². The van der Waals surface area contributed by atoms with Crippen molar-refractivity contribution < 1.29 is 34.7 Å². The maximum Gasteiger partial charge on any atom is 0.302 e. The van der Waals surface area contributed by atoms with Crippen LogP contribution in [0, 0.1) is 40.9 Å². The summed E-state index contributed by atoms with van der Waals surface area (Å²) in [7, 11) is 0. The molecule has 292 valence electrons. The molecule has 0 radical (unpaired) electrons. The van der Waals surface area contributed by atoms with Gasteiger partial charge in [0.2, 0.25) is 0 Å². The summed E-state index contributed by atoms with van der Waals surface area (Å²) in [6.45, 7) is 6.96. The molecule has 3 saturated heterocycles. The first kappa shape index (κ1) is 38.2. The van der Waals surface area contributed by atoms with E-state index in [1.165, 1.54) is 13.3 Å². The maximum atomic E-state index is 12.7. The molecule has 13 nitrogen and oxygen atoms in total. The Balaban J connectivity index is 1.30. The van der Waals surface area contributed by atoms with Crippen LogP contribution in [0.5, 0.6) is 11.5 Å². The highest BCUT2D eigenvalue weighted by Crippen LogP contribution is 2.40. The fourth-order valence-electron chi connectivity index (χ4n) is 10.1. The second-order valence-electron chi connectivity index (χ2n) is 16.8. The summed E-state index contributed by atoms with van der Waals surface area (Å²) in [5.74, 6) is 7.97. The molecule has 6 aliphatic heterocycles. The standard InChI is InChI=1S/C40H60N6O7/c1-25(48)52-36-16-32(49)6-9-40(23-43-39(41)44-24-46-19-26-11-27(20-46)18-45(17-26)21-38(40)51)8-5-28-3-2-4-31-15-33(7-10-42-31)53-37-14-29(12-34(28)36)30(22-47)13-35(37)50/h13-14,26-28,31-34,36,38,42,47,49-51H,2-4,6-7,9-12,15-24H2,1H3,(H3,41,43,44). The summed E-state index contributed by atoms with van der Waals surface area (Å²) in [4.78, 5) is 22.1. The van der Waals surface area contributed by atoms with Crippen molar-refractivity contribution >= 4 is 11.9 Å². The number of hydrogen-bond acceptors (Lipinski definition) is 13. The molecule has 7 aliphatic rings. The van der Waals surface area contributed by atoms with Crippen LogP contribution in [0.3, 0.4) is 0 Å². The van der Waals surface area contributed by atoms with Crippen LogP contribution in [-0.4, -0.2) is 125 Å². The lowest BCUT2D eigenvalue weighted by Crippen LogP contribution is -2.56. The third kappa shape index (κ3) is 9.23. The number of fused-ring (bicyclic) bond motifs is 9. The average Bonchev–Trinajstić information content (AvgIpc) is 3.13. The number of rotatable bonds is 2. The summed E-state index contributed by atoms with van der Waals surface area (Å²) in [5.41, 5.74) is 6.86. The first-order valence-electron chi connectivity index (χ1n) is 20.0. The average molecular weight is 737 g/mol. The van der Waals surface area contributed by atoms with E-state index in [9.17, 15) is 25.2 Å². The second-order valence-corrected chi connectivity index (χ2v) is 16.8. The number of nitrogens with two attached hydrogens (primary N) is 1. The summed E-state index contributed by atoms with van der Waals surface area (Å²) < 4.78 is 12.5. The summed E-state index contributed by atoms with van der Waals surface area (Å²) in [6.07, 6.45) is 4.25. The fourth-order valence-corrected chi connectivity index (χ4v) is 10.1. The van der Waals surface area contributed by atoms with Crippen molar-refractivity contribution in [2.24, 2.45) is 39.8 Å². The molecule has 10 atom stereocenters. The van der Waals surface area contributed by atoms with Crippen LogP contribution in [0.25, 0.3) is 0 Å². The lowest BCUT2D eigenvalue weighted by Gasteiger charge is -2.47. The molecule has 1 spiro atoms. The van der Waals surface area contributed by atoms with Crippen LogP contribution in [0.15, 0.2) is 17.1 Å². The van der Waals surface area contributed by atoms with Crippen LogP contribution in [0.1, 0.15) is 75.8 Å². The Bertz CT molecular complexity index is 1530. The molecule has 10 unspecified atom stereocenters. The highest BCUT2D eigenvalue weighted by Gasteiger charge is 2.43. The minimum atomic E-state index is -0.945. The maximum absolute atomic E-state index is 12.7. The highest BCUT2D eigenvalue weighted by molar-refractivity contribution is 5.77. The van der Waals surface area contributed by atoms with Crippen molar-refractivity contribution in [3.8, 4) is 23.3 Å². The van der Waals surface area contributed by atoms with Gasteiger partial charge in [-0.05, 0) is 93.0 Å². The molecule has 6 heterocycles. The number of esters is 1. The number of carbonyl (C=O) groups is 1. The van der Waals surface area contributed by atoms with E-state index in [1.807, 2.05) is 6.07 Å². The Hall–Kier alpha value is -3.12. The number of nitrogens with zero attached hydrogens (tertiary/aromatic N) is 3. The molecule has 0 aromatic heterocycles. The second kappa shape index (κ2) is 16.7. The van der Waals surface area contributed by atoms with Gasteiger partial charge in [0.15, 0.2) is 17.5 Å². The van der Waals surface area contributed by atoms with Crippen molar-refractivity contribution in [3.63, 3.8) is 0 Å². The Morgan fingerprint density at radius 3 is 2.64 bits per heavy atom. The lowest BCUT2D eigenvalue weighted by molar-refractivity contribution is -0.152. The van der Waals surface area contributed by atoms with Crippen LogP contribution in [0.4, 0.5) is 0 Å².